The van der Waals surface area contributed by atoms with Crippen molar-refractivity contribution in [2.45, 2.75) is 33.3 Å². The molecular weight excluding hydrogens is 346 g/mol. The van der Waals surface area contributed by atoms with Gasteiger partial charge in [0.2, 0.25) is 0 Å². The lowest BCUT2D eigenvalue weighted by Gasteiger charge is -2.20. The van der Waals surface area contributed by atoms with Gasteiger partial charge >= 0.3 is 5.97 Å². The number of anilines is 1. The van der Waals surface area contributed by atoms with Crippen LogP contribution in [-0.4, -0.2) is 31.7 Å². The highest BCUT2D eigenvalue weighted by Gasteiger charge is 2.22. The van der Waals surface area contributed by atoms with Crippen LogP contribution in [-0.2, 0) is 9.53 Å². The molecule has 1 N–H and O–H groups in total. The first kappa shape index (κ1) is 20.3. The predicted molar refractivity (Wildman–Crippen MR) is 103 cm³/mol. The van der Waals surface area contributed by atoms with E-state index in [1.165, 1.54) is 0 Å². The summed E-state index contributed by atoms with van der Waals surface area (Å²) in [7, 11) is 1.55. The summed E-state index contributed by atoms with van der Waals surface area (Å²) in [4.78, 5) is 24.7. The van der Waals surface area contributed by atoms with Crippen LogP contribution in [0.25, 0.3) is 0 Å². The molecule has 1 amide bonds. The van der Waals surface area contributed by atoms with Gasteiger partial charge in [-0.1, -0.05) is 25.1 Å². The van der Waals surface area contributed by atoms with Gasteiger partial charge in [0.05, 0.1) is 19.3 Å². The number of carbonyl (C=O) groups is 2. The molecular formula is C21H25NO5. The van der Waals surface area contributed by atoms with Crippen LogP contribution in [0.4, 0.5) is 5.69 Å². The van der Waals surface area contributed by atoms with E-state index in [0.717, 1.165) is 0 Å². The first-order valence-corrected chi connectivity index (χ1v) is 8.89. The van der Waals surface area contributed by atoms with Crippen LogP contribution in [0.15, 0.2) is 42.5 Å². The molecule has 0 aliphatic carbocycles. The molecule has 144 valence electrons. The van der Waals surface area contributed by atoms with Crippen LogP contribution in [0.3, 0.4) is 0 Å². The number of methoxy groups -OCH3 is 1. The molecule has 6 nitrogen and oxygen atoms in total. The van der Waals surface area contributed by atoms with Gasteiger partial charge in [0.25, 0.3) is 5.91 Å². The molecule has 0 radical (unpaired) electrons. The molecule has 0 saturated carbocycles. The van der Waals surface area contributed by atoms with Crippen LogP contribution in [0.2, 0.25) is 0 Å². The Kier molecular flexibility index (Phi) is 7.23. The van der Waals surface area contributed by atoms with Crippen molar-refractivity contribution in [1.82, 2.24) is 0 Å². The highest BCUT2D eigenvalue weighted by molar-refractivity contribution is 5.98. The van der Waals surface area contributed by atoms with Crippen LogP contribution in [0.5, 0.6) is 11.5 Å². The highest BCUT2D eigenvalue weighted by Crippen LogP contribution is 2.28. The predicted octanol–water partition coefficient (Wildman–Crippen LogP) is 3.98. The number of benzene rings is 2. The number of hydrogen-bond donors (Lipinski definition) is 1. The minimum Gasteiger partial charge on any atom is -0.493 e. The normalized spacial score (nSPS) is 11.4. The van der Waals surface area contributed by atoms with Crippen molar-refractivity contribution in [2.75, 3.05) is 19.0 Å². The molecule has 0 heterocycles. The number of carbonyl (C=O) groups excluding carboxylic acids is 2. The van der Waals surface area contributed by atoms with Gasteiger partial charge in [0.15, 0.2) is 17.6 Å². The fraction of sp³-hybridized carbons (Fsp3) is 0.333. The lowest BCUT2D eigenvalue weighted by atomic mass is 10.1. The third-order valence-electron chi connectivity index (χ3n) is 4.09. The maximum Gasteiger partial charge on any atom is 0.338 e. The molecule has 0 saturated heterocycles. The van der Waals surface area contributed by atoms with Crippen molar-refractivity contribution in [3.8, 4) is 11.5 Å². The molecule has 6 heteroatoms. The first-order valence-electron chi connectivity index (χ1n) is 8.89. The average molecular weight is 371 g/mol. The van der Waals surface area contributed by atoms with Gasteiger partial charge in [0.1, 0.15) is 0 Å². The SMILES string of the molecule is CCOC(=O)c1cccc(NC(=O)[C@@H](CC)Oc2ccccc2OC)c1C. The van der Waals surface area contributed by atoms with Crippen LogP contribution in [0.1, 0.15) is 36.2 Å². The average Bonchev–Trinajstić information content (AvgIpc) is 2.68. The molecule has 1 atom stereocenters. The smallest absolute Gasteiger partial charge is 0.338 e. The van der Waals surface area contributed by atoms with Crippen LogP contribution in [0, 0.1) is 6.92 Å². The lowest BCUT2D eigenvalue weighted by Crippen LogP contribution is -2.32. The summed E-state index contributed by atoms with van der Waals surface area (Å²) in [6.45, 7) is 5.67. The molecule has 2 aromatic carbocycles. The molecule has 0 aliphatic rings. The highest BCUT2D eigenvalue weighted by atomic mass is 16.5. The quantitative estimate of drug-likeness (QED) is 0.711. The number of hydrogen-bond acceptors (Lipinski definition) is 5. The largest absolute Gasteiger partial charge is 0.493 e. The molecule has 0 aromatic heterocycles. The topological polar surface area (TPSA) is 73.9 Å². The van der Waals surface area contributed by atoms with E-state index in [9.17, 15) is 9.59 Å². The molecule has 2 rings (SSSR count). The molecule has 0 spiro atoms. The molecule has 27 heavy (non-hydrogen) atoms. The van der Waals surface area contributed by atoms with Crippen molar-refractivity contribution < 1.29 is 23.8 Å². The summed E-state index contributed by atoms with van der Waals surface area (Å²) in [5, 5.41) is 2.84. The summed E-state index contributed by atoms with van der Waals surface area (Å²) in [6.07, 6.45) is -0.229. The van der Waals surface area contributed by atoms with Crippen molar-refractivity contribution in [3.63, 3.8) is 0 Å². The Morgan fingerprint density at radius 2 is 1.74 bits per heavy atom. The van der Waals surface area contributed by atoms with Gasteiger partial charge in [0, 0.05) is 5.69 Å². The lowest BCUT2D eigenvalue weighted by molar-refractivity contribution is -0.122. The van der Waals surface area contributed by atoms with Gasteiger partial charge in [-0.2, -0.15) is 0 Å². The van der Waals surface area contributed by atoms with Crippen molar-refractivity contribution in [2.24, 2.45) is 0 Å². The number of esters is 1. The summed E-state index contributed by atoms with van der Waals surface area (Å²) in [5.74, 6) is 0.346. The second kappa shape index (κ2) is 9.62. The van der Waals surface area contributed by atoms with E-state index in [0.29, 0.717) is 41.3 Å². The Labute approximate surface area is 159 Å². The Bertz CT molecular complexity index is 803. The third-order valence-corrected chi connectivity index (χ3v) is 4.09. The minimum atomic E-state index is -0.702. The fourth-order valence-corrected chi connectivity index (χ4v) is 2.61. The van der Waals surface area contributed by atoms with E-state index < -0.39 is 12.1 Å². The van der Waals surface area contributed by atoms with Crippen molar-refractivity contribution in [3.05, 3.63) is 53.6 Å². The van der Waals surface area contributed by atoms with Gasteiger partial charge < -0.3 is 19.5 Å². The van der Waals surface area contributed by atoms with Gasteiger partial charge in [-0.3, -0.25) is 4.79 Å². The fourth-order valence-electron chi connectivity index (χ4n) is 2.61. The zero-order chi connectivity index (χ0) is 19.8. The molecule has 0 unspecified atom stereocenters. The van der Waals surface area contributed by atoms with Gasteiger partial charge in [-0.05, 0) is 50.1 Å². The number of amides is 1. The minimum absolute atomic E-state index is 0.291. The van der Waals surface area contributed by atoms with Crippen molar-refractivity contribution in [1.29, 1.82) is 0 Å². The van der Waals surface area contributed by atoms with Crippen LogP contribution >= 0.6 is 0 Å². The number of nitrogens with one attached hydrogen (secondary N) is 1. The third kappa shape index (κ3) is 5.00. The van der Waals surface area contributed by atoms with Crippen molar-refractivity contribution >= 4 is 17.6 Å². The van der Waals surface area contributed by atoms with E-state index in [2.05, 4.69) is 5.32 Å². The van der Waals surface area contributed by atoms with E-state index in [4.69, 9.17) is 14.2 Å². The monoisotopic (exact) mass is 371 g/mol. The first-order chi connectivity index (χ1) is 13.0. The number of rotatable bonds is 8. The molecule has 0 bridgehead atoms. The summed E-state index contributed by atoms with van der Waals surface area (Å²) >= 11 is 0. The molecule has 2 aromatic rings. The molecule has 0 fully saturated rings. The zero-order valence-electron chi connectivity index (χ0n) is 16.1. The maximum absolute atomic E-state index is 12.7. The van der Waals surface area contributed by atoms with Gasteiger partial charge in [-0.25, -0.2) is 4.79 Å². The summed E-state index contributed by atoms with van der Waals surface area (Å²) in [6, 6.07) is 12.3. The standard InChI is InChI=1S/C21H25NO5/c1-5-17(27-19-13-8-7-12-18(19)25-4)20(23)22-16-11-9-10-15(14(16)3)21(24)26-6-2/h7-13,17H,5-6H2,1-4H3,(H,22,23)/t17-/m1/s1. The second-order valence-corrected chi connectivity index (χ2v) is 5.85. The molecule has 0 aliphatic heterocycles. The van der Waals surface area contributed by atoms with Crippen LogP contribution < -0.4 is 14.8 Å². The van der Waals surface area contributed by atoms with E-state index >= 15 is 0 Å². The number of para-hydroxylation sites is 2. The second-order valence-electron chi connectivity index (χ2n) is 5.85. The van der Waals surface area contributed by atoms with Gasteiger partial charge in [-0.15, -0.1) is 0 Å². The van der Waals surface area contributed by atoms with E-state index in [-0.39, 0.29) is 5.91 Å². The number of ether oxygens (including phenoxy) is 3. The van der Waals surface area contributed by atoms with E-state index in [1.54, 1.807) is 51.3 Å². The Hall–Kier alpha value is -3.02. The zero-order valence-corrected chi connectivity index (χ0v) is 16.1. The Morgan fingerprint density at radius 1 is 1.04 bits per heavy atom. The maximum atomic E-state index is 12.7. The Morgan fingerprint density at radius 3 is 2.37 bits per heavy atom. The summed E-state index contributed by atoms with van der Waals surface area (Å²) in [5.41, 5.74) is 1.62. The van der Waals surface area contributed by atoms with E-state index in [1.807, 2.05) is 19.1 Å². The summed E-state index contributed by atoms with van der Waals surface area (Å²) < 4.78 is 16.2. The Balaban J connectivity index is 2.17.